The SMILES string of the molecule is CC[C@H]1CN(C(C)c2ccn3c(C)cnc3c2)[C@H](CC)CN1c1cc(=O)n(C)c2cn(CC#N)nc12. The Morgan fingerprint density at radius 1 is 1.19 bits per heavy atom. The van der Waals surface area contributed by atoms with Gasteiger partial charge in [-0.25, -0.2) is 4.98 Å². The van der Waals surface area contributed by atoms with Gasteiger partial charge in [0.2, 0.25) is 0 Å². The summed E-state index contributed by atoms with van der Waals surface area (Å²) in [6, 6.07) is 9.07. The molecule has 0 bridgehead atoms. The van der Waals surface area contributed by atoms with Crippen LogP contribution in [0, 0.1) is 18.3 Å². The second-order valence-corrected chi connectivity index (χ2v) is 9.88. The van der Waals surface area contributed by atoms with Crippen molar-refractivity contribution in [3.8, 4) is 6.07 Å². The molecule has 0 spiro atoms. The fourth-order valence-electron chi connectivity index (χ4n) is 5.64. The van der Waals surface area contributed by atoms with E-state index in [1.165, 1.54) is 5.56 Å². The minimum atomic E-state index is -0.0593. The van der Waals surface area contributed by atoms with Gasteiger partial charge in [0.15, 0.2) is 0 Å². The summed E-state index contributed by atoms with van der Waals surface area (Å²) in [6.45, 7) is 10.7. The fourth-order valence-corrected chi connectivity index (χ4v) is 5.64. The third-order valence-electron chi connectivity index (χ3n) is 7.86. The Bertz CT molecular complexity index is 1510. The molecule has 188 valence electrons. The summed E-state index contributed by atoms with van der Waals surface area (Å²) in [4.78, 5) is 22.4. The van der Waals surface area contributed by atoms with E-state index in [-0.39, 0.29) is 24.2 Å². The van der Waals surface area contributed by atoms with Crippen molar-refractivity contribution in [2.24, 2.45) is 7.05 Å². The number of aryl methyl sites for hydroxylation is 2. The summed E-state index contributed by atoms with van der Waals surface area (Å²) < 4.78 is 5.36. The lowest BCUT2D eigenvalue weighted by atomic mass is 9.97. The van der Waals surface area contributed by atoms with E-state index < -0.39 is 0 Å². The molecule has 0 aromatic carbocycles. The lowest BCUT2D eigenvalue weighted by Gasteiger charge is -2.49. The quantitative estimate of drug-likeness (QED) is 0.413. The summed E-state index contributed by atoms with van der Waals surface area (Å²) in [5, 5.41) is 13.9. The van der Waals surface area contributed by atoms with Crippen LogP contribution in [0.25, 0.3) is 16.7 Å². The molecule has 1 unspecified atom stereocenters. The monoisotopic (exact) mass is 486 g/mol. The Morgan fingerprint density at radius 2 is 1.97 bits per heavy atom. The van der Waals surface area contributed by atoms with Gasteiger partial charge in [-0.05, 0) is 44.4 Å². The van der Waals surface area contributed by atoms with Gasteiger partial charge >= 0.3 is 0 Å². The van der Waals surface area contributed by atoms with Crippen molar-refractivity contribution < 1.29 is 0 Å². The Labute approximate surface area is 211 Å². The summed E-state index contributed by atoms with van der Waals surface area (Å²) in [7, 11) is 1.76. The molecule has 0 saturated carbocycles. The predicted molar refractivity (Wildman–Crippen MR) is 141 cm³/mol. The molecule has 5 rings (SSSR count). The maximum atomic E-state index is 12.9. The molecule has 0 amide bonds. The molecule has 5 heterocycles. The van der Waals surface area contributed by atoms with E-state index in [1.807, 2.05) is 6.20 Å². The molecule has 1 fully saturated rings. The van der Waals surface area contributed by atoms with Crippen LogP contribution in [0.15, 0.2) is 41.6 Å². The molecule has 4 aromatic heterocycles. The van der Waals surface area contributed by atoms with Gasteiger partial charge in [0.05, 0.1) is 23.5 Å². The van der Waals surface area contributed by atoms with Crippen LogP contribution in [0.2, 0.25) is 0 Å². The van der Waals surface area contributed by atoms with Gasteiger partial charge in [-0.15, -0.1) is 0 Å². The average Bonchev–Trinajstić information content (AvgIpc) is 3.48. The van der Waals surface area contributed by atoms with Gasteiger partial charge in [-0.1, -0.05) is 13.8 Å². The van der Waals surface area contributed by atoms with Crippen LogP contribution < -0.4 is 10.5 Å². The third kappa shape index (κ3) is 3.95. The fraction of sp³-hybridized carbons (Fsp3) is 0.481. The number of aromatic nitrogens is 5. The molecule has 0 N–H and O–H groups in total. The van der Waals surface area contributed by atoms with E-state index in [1.54, 1.807) is 28.6 Å². The van der Waals surface area contributed by atoms with Gasteiger partial charge in [-0.3, -0.25) is 14.4 Å². The summed E-state index contributed by atoms with van der Waals surface area (Å²) in [5.74, 6) is 0. The smallest absolute Gasteiger partial charge is 0.252 e. The normalized spacial score (nSPS) is 19.7. The first-order valence-electron chi connectivity index (χ1n) is 12.8. The van der Waals surface area contributed by atoms with Crippen LogP contribution >= 0.6 is 0 Å². The molecule has 1 aliphatic heterocycles. The van der Waals surface area contributed by atoms with Crippen molar-refractivity contribution in [1.29, 1.82) is 5.26 Å². The minimum Gasteiger partial charge on any atom is -0.364 e. The van der Waals surface area contributed by atoms with E-state index in [4.69, 9.17) is 10.4 Å². The molecule has 0 aliphatic carbocycles. The largest absolute Gasteiger partial charge is 0.364 e. The van der Waals surface area contributed by atoms with Gasteiger partial charge in [0.1, 0.15) is 17.7 Å². The molecule has 0 radical (unpaired) electrons. The Hall–Kier alpha value is -3.64. The highest BCUT2D eigenvalue weighted by atomic mass is 16.1. The second kappa shape index (κ2) is 9.43. The summed E-state index contributed by atoms with van der Waals surface area (Å²) in [6.07, 6.45) is 7.78. The topological polar surface area (TPSA) is 87.4 Å². The Balaban J connectivity index is 1.50. The minimum absolute atomic E-state index is 0.0593. The van der Waals surface area contributed by atoms with Crippen LogP contribution in [0.3, 0.4) is 0 Å². The first-order chi connectivity index (χ1) is 17.4. The van der Waals surface area contributed by atoms with E-state index in [0.717, 1.165) is 54.0 Å². The summed E-state index contributed by atoms with van der Waals surface area (Å²) >= 11 is 0. The predicted octanol–water partition coefficient (Wildman–Crippen LogP) is 3.66. The van der Waals surface area contributed by atoms with Crippen molar-refractivity contribution in [3.05, 3.63) is 58.4 Å². The van der Waals surface area contributed by atoms with Crippen molar-refractivity contribution in [3.63, 3.8) is 0 Å². The number of imidazole rings is 1. The number of nitrogens with zero attached hydrogens (tertiary/aromatic N) is 8. The number of hydrogen-bond acceptors (Lipinski definition) is 6. The van der Waals surface area contributed by atoms with Gasteiger partial charge in [0.25, 0.3) is 5.56 Å². The lowest BCUT2D eigenvalue weighted by molar-refractivity contribution is 0.101. The van der Waals surface area contributed by atoms with Crippen molar-refractivity contribution in [2.75, 3.05) is 18.0 Å². The number of rotatable bonds is 6. The highest BCUT2D eigenvalue weighted by Gasteiger charge is 2.36. The number of hydrogen-bond donors (Lipinski definition) is 0. The molecular formula is C27H34N8O. The van der Waals surface area contributed by atoms with E-state index in [2.05, 4.69) is 71.3 Å². The van der Waals surface area contributed by atoms with E-state index >= 15 is 0 Å². The first-order valence-corrected chi connectivity index (χ1v) is 12.8. The lowest BCUT2D eigenvalue weighted by Crippen LogP contribution is -2.58. The number of piperazine rings is 1. The van der Waals surface area contributed by atoms with Gasteiger partial charge < -0.3 is 13.9 Å². The van der Waals surface area contributed by atoms with Crippen LogP contribution in [0.5, 0.6) is 0 Å². The molecular weight excluding hydrogens is 452 g/mol. The number of pyridine rings is 2. The number of fused-ring (bicyclic) bond motifs is 2. The highest BCUT2D eigenvalue weighted by Crippen LogP contribution is 2.34. The van der Waals surface area contributed by atoms with Gasteiger partial charge in [0, 0.05) is 62.4 Å². The molecule has 36 heavy (non-hydrogen) atoms. The molecule has 9 heteroatoms. The molecule has 4 aromatic rings. The zero-order valence-electron chi connectivity index (χ0n) is 21.7. The van der Waals surface area contributed by atoms with Crippen LogP contribution in [-0.2, 0) is 13.6 Å². The Morgan fingerprint density at radius 3 is 2.69 bits per heavy atom. The van der Waals surface area contributed by atoms with Gasteiger partial charge in [-0.2, -0.15) is 10.4 Å². The van der Waals surface area contributed by atoms with Crippen LogP contribution in [0.4, 0.5) is 5.69 Å². The average molecular weight is 487 g/mol. The maximum Gasteiger partial charge on any atom is 0.252 e. The first kappa shape index (κ1) is 24.1. The van der Waals surface area contributed by atoms with Crippen LogP contribution in [0.1, 0.15) is 50.9 Å². The maximum absolute atomic E-state index is 12.9. The van der Waals surface area contributed by atoms with E-state index in [9.17, 15) is 4.79 Å². The van der Waals surface area contributed by atoms with Crippen molar-refractivity contribution in [1.82, 2.24) is 28.6 Å². The molecule has 9 nitrogen and oxygen atoms in total. The molecule has 1 aliphatic rings. The molecule has 1 saturated heterocycles. The number of nitriles is 1. The zero-order chi connectivity index (χ0) is 25.6. The number of anilines is 1. The Kier molecular flexibility index (Phi) is 6.31. The van der Waals surface area contributed by atoms with Crippen LogP contribution in [-0.4, -0.2) is 53.8 Å². The second-order valence-electron chi connectivity index (χ2n) is 9.88. The standard InChI is InChI=1S/C27H34N8O/c1-6-21-16-35(23-13-26(36)31(5)24-17-32(11-9-28)30-27(23)24)22(7-2)15-34(21)19(4)20-8-10-33-18(3)14-29-25(33)12-20/h8,10,12-14,17,19,21-22H,6-7,11,15-16H2,1-5H3/t19?,21-,22+/m1/s1. The van der Waals surface area contributed by atoms with E-state index in [0.29, 0.717) is 6.04 Å². The van der Waals surface area contributed by atoms with Crippen molar-refractivity contribution >= 4 is 22.4 Å². The van der Waals surface area contributed by atoms with Crippen molar-refractivity contribution in [2.45, 2.75) is 65.2 Å². The molecule has 3 atom stereocenters. The third-order valence-corrected chi connectivity index (χ3v) is 7.86. The zero-order valence-corrected chi connectivity index (χ0v) is 21.7. The highest BCUT2D eigenvalue weighted by molar-refractivity contribution is 5.88. The summed E-state index contributed by atoms with van der Waals surface area (Å²) in [5.41, 5.74) is 5.73.